The molecule has 2 rings (SSSR count). The van der Waals surface area contributed by atoms with E-state index in [1.54, 1.807) is 6.07 Å². The summed E-state index contributed by atoms with van der Waals surface area (Å²) in [5, 5.41) is 20.3. The smallest absolute Gasteiger partial charge is 0.274 e. The number of aliphatic hydroxyl groups excluding tert-OH is 1. The third-order valence-electron chi connectivity index (χ3n) is 2.77. The summed E-state index contributed by atoms with van der Waals surface area (Å²) in [7, 11) is 0. The molecular weight excluding hydrogens is 290 g/mol. The van der Waals surface area contributed by atoms with Gasteiger partial charge in [0.1, 0.15) is 11.9 Å². The lowest BCUT2D eigenvalue weighted by Crippen LogP contribution is -2.25. The fourth-order valence-corrected chi connectivity index (χ4v) is 2.40. The number of non-ortho nitro benzene ring substituents is 1. The standard InChI is InChI=1S/C11H12BrNO4/c12-7-4-8(13(15)16)6-9(5-7)17-11-3-1-2-10(11)14/h4-6,10-11,14H,1-3H2. The average Bonchev–Trinajstić information content (AvgIpc) is 2.63. The van der Waals surface area contributed by atoms with E-state index in [1.807, 2.05) is 0 Å². The highest BCUT2D eigenvalue weighted by molar-refractivity contribution is 9.10. The number of ether oxygens (including phenoxy) is 1. The van der Waals surface area contributed by atoms with Gasteiger partial charge in [-0.25, -0.2) is 0 Å². The molecule has 0 amide bonds. The molecule has 0 saturated heterocycles. The summed E-state index contributed by atoms with van der Waals surface area (Å²) in [6.07, 6.45) is 1.68. The first kappa shape index (κ1) is 12.3. The van der Waals surface area contributed by atoms with Crippen LogP contribution in [0.4, 0.5) is 5.69 Å². The molecule has 17 heavy (non-hydrogen) atoms. The number of hydrogen-bond acceptors (Lipinski definition) is 4. The van der Waals surface area contributed by atoms with Crippen LogP contribution in [0.2, 0.25) is 0 Å². The number of nitro groups is 1. The van der Waals surface area contributed by atoms with Crippen LogP contribution in [0.5, 0.6) is 5.75 Å². The second kappa shape index (κ2) is 5.01. The molecule has 1 N–H and O–H groups in total. The number of nitro benzene ring substituents is 1. The van der Waals surface area contributed by atoms with E-state index in [9.17, 15) is 15.2 Å². The molecule has 0 heterocycles. The van der Waals surface area contributed by atoms with Crippen molar-refractivity contribution in [3.8, 4) is 5.75 Å². The molecule has 1 aromatic rings. The number of nitrogens with zero attached hydrogens (tertiary/aromatic N) is 1. The van der Waals surface area contributed by atoms with Gasteiger partial charge in [0.05, 0.1) is 17.1 Å². The lowest BCUT2D eigenvalue weighted by molar-refractivity contribution is -0.385. The van der Waals surface area contributed by atoms with Crippen LogP contribution in [-0.4, -0.2) is 22.2 Å². The summed E-state index contributed by atoms with van der Waals surface area (Å²) >= 11 is 3.20. The van der Waals surface area contributed by atoms with Crippen molar-refractivity contribution < 1.29 is 14.8 Å². The van der Waals surface area contributed by atoms with Crippen molar-refractivity contribution in [2.75, 3.05) is 0 Å². The molecule has 0 spiro atoms. The Bertz CT molecular complexity index is 437. The first-order chi connectivity index (χ1) is 8.06. The van der Waals surface area contributed by atoms with Crippen LogP contribution in [0, 0.1) is 10.1 Å². The monoisotopic (exact) mass is 301 g/mol. The van der Waals surface area contributed by atoms with E-state index in [4.69, 9.17) is 4.74 Å². The molecule has 1 aromatic carbocycles. The minimum absolute atomic E-state index is 0.0261. The van der Waals surface area contributed by atoms with E-state index in [2.05, 4.69) is 15.9 Å². The molecule has 0 radical (unpaired) electrons. The van der Waals surface area contributed by atoms with Gasteiger partial charge in [0.2, 0.25) is 0 Å². The van der Waals surface area contributed by atoms with Gasteiger partial charge in [0, 0.05) is 10.5 Å². The van der Waals surface area contributed by atoms with Gasteiger partial charge >= 0.3 is 0 Å². The molecule has 0 bridgehead atoms. The molecule has 92 valence electrons. The molecule has 1 aliphatic carbocycles. The van der Waals surface area contributed by atoms with Crippen LogP contribution < -0.4 is 4.74 Å². The van der Waals surface area contributed by atoms with Crippen molar-refractivity contribution in [1.82, 2.24) is 0 Å². The minimum atomic E-state index is -0.479. The Kier molecular flexibility index (Phi) is 3.63. The zero-order valence-corrected chi connectivity index (χ0v) is 10.6. The average molecular weight is 302 g/mol. The molecule has 0 aromatic heterocycles. The van der Waals surface area contributed by atoms with E-state index >= 15 is 0 Å². The van der Waals surface area contributed by atoms with Gasteiger partial charge in [-0.05, 0) is 25.3 Å². The van der Waals surface area contributed by atoms with Crippen molar-refractivity contribution in [2.45, 2.75) is 31.5 Å². The predicted octanol–water partition coefficient (Wildman–Crippen LogP) is 2.65. The van der Waals surface area contributed by atoms with E-state index in [0.29, 0.717) is 10.2 Å². The molecular formula is C11H12BrNO4. The van der Waals surface area contributed by atoms with Crippen LogP contribution in [0.3, 0.4) is 0 Å². The number of aliphatic hydroxyl groups is 1. The largest absolute Gasteiger partial charge is 0.487 e. The summed E-state index contributed by atoms with van der Waals surface area (Å²) in [4.78, 5) is 10.2. The van der Waals surface area contributed by atoms with E-state index in [-0.39, 0.29) is 11.8 Å². The van der Waals surface area contributed by atoms with Gasteiger partial charge in [-0.2, -0.15) is 0 Å². The molecule has 1 aliphatic rings. The Hall–Kier alpha value is -1.14. The van der Waals surface area contributed by atoms with Crippen LogP contribution >= 0.6 is 15.9 Å². The molecule has 1 saturated carbocycles. The van der Waals surface area contributed by atoms with Crippen molar-refractivity contribution in [1.29, 1.82) is 0 Å². The lowest BCUT2D eigenvalue weighted by Gasteiger charge is -2.17. The second-order valence-corrected chi connectivity index (χ2v) is 4.97. The molecule has 2 atom stereocenters. The van der Waals surface area contributed by atoms with Gasteiger partial charge in [-0.1, -0.05) is 15.9 Å². The van der Waals surface area contributed by atoms with Crippen molar-refractivity contribution in [3.63, 3.8) is 0 Å². The van der Waals surface area contributed by atoms with Crippen molar-refractivity contribution in [2.24, 2.45) is 0 Å². The highest BCUT2D eigenvalue weighted by atomic mass is 79.9. The van der Waals surface area contributed by atoms with E-state index in [0.717, 1.165) is 19.3 Å². The molecule has 2 unspecified atom stereocenters. The Morgan fingerprint density at radius 3 is 2.76 bits per heavy atom. The number of benzene rings is 1. The Balaban J connectivity index is 2.17. The summed E-state index contributed by atoms with van der Waals surface area (Å²) in [6, 6.07) is 4.45. The van der Waals surface area contributed by atoms with Crippen LogP contribution in [0.1, 0.15) is 19.3 Å². The zero-order chi connectivity index (χ0) is 12.4. The van der Waals surface area contributed by atoms with Gasteiger partial charge < -0.3 is 9.84 Å². The quantitative estimate of drug-likeness (QED) is 0.688. The maximum Gasteiger partial charge on any atom is 0.274 e. The topological polar surface area (TPSA) is 72.6 Å². The van der Waals surface area contributed by atoms with Crippen molar-refractivity contribution >= 4 is 21.6 Å². The Morgan fingerprint density at radius 1 is 1.41 bits per heavy atom. The molecule has 0 aliphatic heterocycles. The van der Waals surface area contributed by atoms with Crippen molar-refractivity contribution in [3.05, 3.63) is 32.8 Å². The fourth-order valence-electron chi connectivity index (χ4n) is 1.94. The third-order valence-corrected chi connectivity index (χ3v) is 3.23. The summed E-state index contributed by atoms with van der Waals surface area (Å²) < 4.78 is 6.17. The van der Waals surface area contributed by atoms with Gasteiger partial charge in [0.25, 0.3) is 5.69 Å². The normalized spacial score (nSPS) is 23.6. The number of halogens is 1. The Morgan fingerprint density at radius 2 is 2.18 bits per heavy atom. The zero-order valence-electron chi connectivity index (χ0n) is 9.01. The Labute approximate surface area is 107 Å². The van der Waals surface area contributed by atoms with Gasteiger partial charge in [-0.3, -0.25) is 10.1 Å². The lowest BCUT2D eigenvalue weighted by atomic mass is 10.2. The number of hydrogen-bond donors (Lipinski definition) is 1. The highest BCUT2D eigenvalue weighted by Crippen LogP contribution is 2.30. The summed E-state index contributed by atoms with van der Waals surface area (Å²) in [5.74, 6) is 0.414. The predicted molar refractivity (Wildman–Crippen MR) is 65.1 cm³/mol. The van der Waals surface area contributed by atoms with E-state index < -0.39 is 11.0 Å². The molecule has 6 heteroatoms. The van der Waals surface area contributed by atoms with Crippen LogP contribution in [0.25, 0.3) is 0 Å². The maximum atomic E-state index is 10.7. The minimum Gasteiger partial charge on any atom is -0.487 e. The summed E-state index contributed by atoms with van der Waals surface area (Å²) in [5.41, 5.74) is -0.0261. The first-order valence-corrected chi connectivity index (χ1v) is 6.15. The van der Waals surface area contributed by atoms with E-state index in [1.165, 1.54) is 12.1 Å². The SMILES string of the molecule is O=[N+]([O-])c1cc(Br)cc(OC2CCCC2O)c1. The number of rotatable bonds is 3. The second-order valence-electron chi connectivity index (χ2n) is 4.06. The van der Waals surface area contributed by atoms with Crippen LogP contribution in [0.15, 0.2) is 22.7 Å². The van der Waals surface area contributed by atoms with Gasteiger partial charge in [0.15, 0.2) is 0 Å². The molecule has 1 fully saturated rings. The van der Waals surface area contributed by atoms with Crippen LogP contribution in [-0.2, 0) is 0 Å². The summed E-state index contributed by atoms with van der Waals surface area (Å²) in [6.45, 7) is 0. The molecule has 5 nitrogen and oxygen atoms in total. The van der Waals surface area contributed by atoms with Gasteiger partial charge in [-0.15, -0.1) is 0 Å². The third kappa shape index (κ3) is 2.95. The maximum absolute atomic E-state index is 10.7. The highest BCUT2D eigenvalue weighted by Gasteiger charge is 2.27. The fraction of sp³-hybridized carbons (Fsp3) is 0.455. The first-order valence-electron chi connectivity index (χ1n) is 5.36.